The first-order chi connectivity index (χ1) is 12.6. The average Bonchev–Trinajstić information content (AvgIpc) is 2.60. The summed E-state index contributed by atoms with van der Waals surface area (Å²) < 4.78 is 73.9. The molecule has 0 saturated carbocycles. The van der Waals surface area contributed by atoms with Crippen molar-refractivity contribution in [2.24, 2.45) is 0 Å². The van der Waals surface area contributed by atoms with E-state index in [1.165, 1.54) is 19.2 Å². The Hall–Kier alpha value is -1.62. The van der Waals surface area contributed by atoms with E-state index in [-0.39, 0.29) is 23.8 Å². The molecule has 0 heterocycles. The fourth-order valence-corrected chi connectivity index (χ4v) is 3.88. The Morgan fingerprint density at radius 1 is 1.07 bits per heavy atom. The standard InChI is InChI=1S/C17H17BrF3NO4S/c1-25-15-7-6-14(18)8-16(15)27(23,24)22-9-12-2-4-13(5-3-12)10-26-11-17(19,20)21/h2-8,22H,9-11H2,1H3. The normalized spacial score (nSPS) is 12.2. The van der Waals surface area contributed by atoms with Crippen LogP contribution in [0.5, 0.6) is 5.75 Å². The highest BCUT2D eigenvalue weighted by atomic mass is 79.9. The van der Waals surface area contributed by atoms with Gasteiger partial charge in [-0.15, -0.1) is 0 Å². The highest BCUT2D eigenvalue weighted by Gasteiger charge is 2.27. The van der Waals surface area contributed by atoms with Crippen LogP contribution in [0.2, 0.25) is 0 Å². The maximum Gasteiger partial charge on any atom is 0.411 e. The first-order valence-electron chi connectivity index (χ1n) is 7.66. The summed E-state index contributed by atoms with van der Waals surface area (Å²) in [4.78, 5) is -0.00320. The predicted octanol–water partition coefficient (Wildman–Crippen LogP) is 4.02. The van der Waals surface area contributed by atoms with Crippen molar-refractivity contribution in [1.29, 1.82) is 0 Å². The molecule has 0 saturated heterocycles. The molecule has 0 bridgehead atoms. The average molecular weight is 468 g/mol. The molecular formula is C17H17BrF3NO4S. The molecule has 0 aliphatic heterocycles. The van der Waals surface area contributed by atoms with Crippen molar-refractivity contribution in [3.8, 4) is 5.75 Å². The number of hydrogen-bond donors (Lipinski definition) is 1. The molecular weight excluding hydrogens is 451 g/mol. The first-order valence-corrected chi connectivity index (χ1v) is 9.94. The van der Waals surface area contributed by atoms with E-state index in [1.54, 1.807) is 30.3 Å². The van der Waals surface area contributed by atoms with Gasteiger partial charge in [0.25, 0.3) is 0 Å². The largest absolute Gasteiger partial charge is 0.495 e. The van der Waals surface area contributed by atoms with E-state index in [1.807, 2.05) is 0 Å². The van der Waals surface area contributed by atoms with Gasteiger partial charge >= 0.3 is 6.18 Å². The van der Waals surface area contributed by atoms with E-state index < -0.39 is 22.8 Å². The quantitative estimate of drug-likeness (QED) is 0.636. The number of nitrogens with one attached hydrogen (secondary N) is 1. The van der Waals surface area contributed by atoms with Gasteiger partial charge in [0.2, 0.25) is 10.0 Å². The molecule has 5 nitrogen and oxygen atoms in total. The number of rotatable bonds is 8. The summed E-state index contributed by atoms with van der Waals surface area (Å²) in [6.07, 6.45) is -4.37. The van der Waals surface area contributed by atoms with Crippen LogP contribution in [0.25, 0.3) is 0 Å². The van der Waals surface area contributed by atoms with Crippen LogP contribution < -0.4 is 9.46 Å². The van der Waals surface area contributed by atoms with Crippen molar-refractivity contribution in [3.63, 3.8) is 0 Å². The summed E-state index contributed by atoms with van der Waals surface area (Å²) in [6.45, 7) is -1.48. The van der Waals surface area contributed by atoms with Crippen molar-refractivity contribution >= 4 is 26.0 Å². The van der Waals surface area contributed by atoms with Crippen molar-refractivity contribution in [2.75, 3.05) is 13.7 Å². The van der Waals surface area contributed by atoms with Crippen LogP contribution in [-0.2, 0) is 27.9 Å². The molecule has 2 aromatic carbocycles. The number of hydrogen-bond acceptors (Lipinski definition) is 4. The minimum atomic E-state index is -4.37. The van der Waals surface area contributed by atoms with Crippen LogP contribution in [0, 0.1) is 0 Å². The van der Waals surface area contributed by atoms with Gasteiger partial charge in [-0.1, -0.05) is 40.2 Å². The zero-order chi connectivity index (χ0) is 20.1. The van der Waals surface area contributed by atoms with Gasteiger partial charge in [-0.25, -0.2) is 13.1 Å². The molecule has 1 N–H and O–H groups in total. The molecule has 0 fully saturated rings. The van der Waals surface area contributed by atoms with Crippen molar-refractivity contribution in [3.05, 3.63) is 58.1 Å². The maximum absolute atomic E-state index is 12.5. The Morgan fingerprint density at radius 2 is 1.70 bits per heavy atom. The zero-order valence-corrected chi connectivity index (χ0v) is 16.6. The van der Waals surface area contributed by atoms with Gasteiger partial charge in [0.1, 0.15) is 17.3 Å². The second-order valence-electron chi connectivity index (χ2n) is 5.54. The van der Waals surface area contributed by atoms with Gasteiger partial charge in [0.15, 0.2) is 0 Å². The summed E-state index contributed by atoms with van der Waals surface area (Å²) in [5.41, 5.74) is 1.20. The number of sulfonamides is 1. The molecule has 0 aliphatic rings. The van der Waals surface area contributed by atoms with Crippen LogP contribution in [0.15, 0.2) is 51.8 Å². The maximum atomic E-state index is 12.5. The van der Waals surface area contributed by atoms with Crippen molar-refractivity contribution < 1.29 is 31.1 Å². The third-order valence-corrected chi connectivity index (χ3v) is 5.35. The van der Waals surface area contributed by atoms with Gasteiger partial charge in [-0.05, 0) is 29.3 Å². The number of halogens is 4. The minimum Gasteiger partial charge on any atom is -0.495 e. The second-order valence-corrected chi connectivity index (χ2v) is 8.20. The van der Waals surface area contributed by atoms with E-state index in [0.717, 1.165) is 0 Å². The third kappa shape index (κ3) is 6.80. The van der Waals surface area contributed by atoms with E-state index in [9.17, 15) is 21.6 Å². The van der Waals surface area contributed by atoms with Gasteiger partial charge < -0.3 is 9.47 Å². The summed E-state index contributed by atoms with van der Waals surface area (Å²) in [7, 11) is -2.44. The van der Waals surface area contributed by atoms with E-state index >= 15 is 0 Å². The van der Waals surface area contributed by atoms with Gasteiger partial charge in [0, 0.05) is 11.0 Å². The highest BCUT2D eigenvalue weighted by molar-refractivity contribution is 9.10. The summed E-state index contributed by atoms with van der Waals surface area (Å²) >= 11 is 3.22. The Bertz CT molecular complexity index is 871. The molecule has 0 amide bonds. The number of benzene rings is 2. The molecule has 2 aromatic rings. The second kappa shape index (κ2) is 9.05. The van der Waals surface area contributed by atoms with Gasteiger partial charge in [-0.2, -0.15) is 13.2 Å². The summed E-state index contributed by atoms with van der Waals surface area (Å²) in [5.74, 6) is 0.211. The van der Waals surface area contributed by atoms with E-state index in [0.29, 0.717) is 15.6 Å². The molecule has 10 heteroatoms. The molecule has 27 heavy (non-hydrogen) atoms. The predicted molar refractivity (Wildman–Crippen MR) is 96.9 cm³/mol. The first kappa shape index (κ1) is 21.7. The Kier molecular flexibility index (Phi) is 7.26. The number of ether oxygens (including phenoxy) is 2. The third-order valence-electron chi connectivity index (χ3n) is 3.44. The molecule has 2 rings (SSSR count). The molecule has 0 unspecified atom stereocenters. The Balaban J connectivity index is 1.99. The van der Waals surface area contributed by atoms with Crippen LogP contribution in [-0.4, -0.2) is 28.3 Å². The molecule has 148 valence electrons. The van der Waals surface area contributed by atoms with Crippen molar-refractivity contribution in [1.82, 2.24) is 4.72 Å². The summed E-state index contributed by atoms with van der Waals surface area (Å²) in [6, 6.07) is 11.0. The van der Waals surface area contributed by atoms with E-state index in [2.05, 4.69) is 25.4 Å². The van der Waals surface area contributed by atoms with E-state index in [4.69, 9.17) is 4.74 Å². The highest BCUT2D eigenvalue weighted by Crippen LogP contribution is 2.27. The smallest absolute Gasteiger partial charge is 0.411 e. The lowest BCUT2D eigenvalue weighted by molar-refractivity contribution is -0.176. The van der Waals surface area contributed by atoms with Crippen molar-refractivity contribution in [2.45, 2.75) is 24.2 Å². The Labute approximate surface area is 163 Å². The zero-order valence-electron chi connectivity index (χ0n) is 14.2. The van der Waals surface area contributed by atoms with Gasteiger partial charge in [0.05, 0.1) is 13.7 Å². The molecule has 0 aromatic heterocycles. The molecule has 0 spiro atoms. The van der Waals surface area contributed by atoms with Crippen LogP contribution in [0.3, 0.4) is 0 Å². The Morgan fingerprint density at radius 3 is 2.30 bits per heavy atom. The minimum absolute atomic E-state index is 0.00320. The lowest BCUT2D eigenvalue weighted by atomic mass is 10.1. The van der Waals surface area contributed by atoms with Crippen LogP contribution >= 0.6 is 15.9 Å². The lowest BCUT2D eigenvalue weighted by Crippen LogP contribution is -2.23. The van der Waals surface area contributed by atoms with Crippen LogP contribution in [0.1, 0.15) is 11.1 Å². The van der Waals surface area contributed by atoms with Gasteiger partial charge in [-0.3, -0.25) is 0 Å². The van der Waals surface area contributed by atoms with Crippen LogP contribution in [0.4, 0.5) is 13.2 Å². The SMILES string of the molecule is COc1ccc(Br)cc1S(=O)(=O)NCc1ccc(COCC(F)(F)F)cc1. The molecule has 0 aliphatic carbocycles. The number of methoxy groups -OCH3 is 1. The molecule has 0 radical (unpaired) electrons. The fourth-order valence-electron chi connectivity index (χ4n) is 2.15. The monoisotopic (exact) mass is 467 g/mol. The fraction of sp³-hybridized carbons (Fsp3) is 0.294. The summed E-state index contributed by atoms with van der Waals surface area (Å²) in [5, 5.41) is 0. The number of alkyl halides is 3. The lowest BCUT2D eigenvalue weighted by Gasteiger charge is -2.12. The molecule has 0 atom stereocenters. The topological polar surface area (TPSA) is 64.6 Å².